The molecule has 1 aromatic carbocycles. The zero-order chi connectivity index (χ0) is 14.5. The lowest BCUT2D eigenvalue weighted by atomic mass is 10.1. The van der Waals surface area contributed by atoms with Crippen molar-refractivity contribution < 1.29 is 15.0 Å². The first-order chi connectivity index (χ1) is 9.60. The molecular formula is C15H22N2O3. The number of aromatic hydroxyl groups is 1. The van der Waals surface area contributed by atoms with Crippen LogP contribution in [0.15, 0.2) is 24.3 Å². The second-order valence-corrected chi connectivity index (χ2v) is 5.32. The summed E-state index contributed by atoms with van der Waals surface area (Å²) in [6.07, 6.45) is 1.14. The van der Waals surface area contributed by atoms with Crippen molar-refractivity contribution in [3.8, 4) is 5.75 Å². The van der Waals surface area contributed by atoms with Gasteiger partial charge in [0, 0.05) is 26.1 Å². The van der Waals surface area contributed by atoms with Gasteiger partial charge in [-0.2, -0.15) is 0 Å². The van der Waals surface area contributed by atoms with Crippen LogP contribution in [-0.2, 0) is 11.2 Å². The highest BCUT2D eigenvalue weighted by atomic mass is 16.3. The normalized spacial score (nSPS) is 20.1. The molecule has 5 nitrogen and oxygen atoms in total. The number of rotatable bonds is 4. The number of carbonyl (C=O) groups excluding carboxylic acids is 1. The van der Waals surface area contributed by atoms with Crippen molar-refractivity contribution in [3.63, 3.8) is 0 Å². The van der Waals surface area contributed by atoms with Crippen LogP contribution in [0.25, 0.3) is 0 Å². The van der Waals surface area contributed by atoms with Crippen molar-refractivity contribution in [2.45, 2.75) is 18.9 Å². The Labute approximate surface area is 119 Å². The number of aryl methyl sites for hydroxylation is 1. The molecule has 1 aliphatic rings. The molecule has 1 fully saturated rings. The maximum atomic E-state index is 12.2. The highest BCUT2D eigenvalue weighted by Crippen LogP contribution is 2.13. The van der Waals surface area contributed by atoms with E-state index in [4.69, 9.17) is 0 Å². The van der Waals surface area contributed by atoms with Gasteiger partial charge in [-0.15, -0.1) is 0 Å². The summed E-state index contributed by atoms with van der Waals surface area (Å²) >= 11 is 0. The second-order valence-electron chi connectivity index (χ2n) is 5.32. The summed E-state index contributed by atoms with van der Waals surface area (Å²) in [4.78, 5) is 16.1. The number of amides is 1. The second kappa shape index (κ2) is 6.72. The molecule has 1 aromatic rings. The van der Waals surface area contributed by atoms with Crippen LogP contribution in [0, 0.1) is 0 Å². The number of carbonyl (C=O) groups is 1. The van der Waals surface area contributed by atoms with Gasteiger partial charge in [0.2, 0.25) is 5.91 Å². The van der Waals surface area contributed by atoms with Crippen molar-refractivity contribution in [3.05, 3.63) is 29.8 Å². The molecule has 2 N–H and O–H groups in total. The van der Waals surface area contributed by atoms with Gasteiger partial charge in [-0.3, -0.25) is 9.69 Å². The first kappa shape index (κ1) is 14.8. The largest absolute Gasteiger partial charge is 0.508 e. The first-order valence-electron chi connectivity index (χ1n) is 6.97. The molecule has 0 unspecified atom stereocenters. The molecule has 1 aliphatic heterocycles. The van der Waals surface area contributed by atoms with Crippen LogP contribution in [-0.4, -0.2) is 65.3 Å². The minimum Gasteiger partial charge on any atom is -0.508 e. The SMILES string of the molecule is CN1CCN(C(=O)CCc2ccc(O)cc2)C[C@H]1CO. The van der Waals surface area contributed by atoms with Gasteiger partial charge in [0.05, 0.1) is 12.6 Å². The topological polar surface area (TPSA) is 64.0 Å². The Balaban J connectivity index is 1.84. The molecule has 0 saturated carbocycles. The van der Waals surface area contributed by atoms with E-state index in [0.717, 1.165) is 18.7 Å². The Kier molecular flexibility index (Phi) is 4.98. The lowest BCUT2D eigenvalue weighted by Crippen LogP contribution is -2.54. The number of aliphatic hydroxyl groups is 1. The summed E-state index contributed by atoms with van der Waals surface area (Å²) in [5.74, 6) is 0.370. The van der Waals surface area contributed by atoms with Crippen LogP contribution >= 0.6 is 0 Å². The highest BCUT2D eigenvalue weighted by Gasteiger charge is 2.26. The zero-order valence-corrected chi connectivity index (χ0v) is 11.8. The van der Waals surface area contributed by atoms with E-state index in [1.54, 1.807) is 12.1 Å². The molecule has 5 heteroatoms. The van der Waals surface area contributed by atoms with Crippen molar-refractivity contribution >= 4 is 5.91 Å². The third-order valence-electron chi connectivity index (χ3n) is 3.90. The number of nitrogens with zero attached hydrogens (tertiary/aromatic N) is 2. The summed E-state index contributed by atoms with van der Waals surface area (Å²) < 4.78 is 0. The molecule has 1 heterocycles. The molecule has 0 spiro atoms. The van der Waals surface area contributed by atoms with Crippen LogP contribution in [0.4, 0.5) is 0 Å². The summed E-state index contributed by atoms with van der Waals surface area (Å²) in [5.41, 5.74) is 1.05. The van der Waals surface area contributed by atoms with Gasteiger partial charge in [0.1, 0.15) is 5.75 Å². The minimum absolute atomic E-state index is 0.0429. The van der Waals surface area contributed by atoms with Crippen molar-refractivity contribution in [2.75, 3.05) is 33.3 Å². The number of hydrogen-bond acceptors (Lipinski definition) is 4. The Bertz CT molecular complexity index is 447. The first-order valence-corrected chi connectivity index (χ1v) is 6.97. The molecule has 0 radical (unpaired) electrons. The van der Waals surface area contributed by atoms with Crippen LogP contribution in [0.2, 0.25) is 0 Å². The van der Waals surface area contributed by atoms with Crippen LogP contribution in [0.3, 0.4) is 0 Å². The van der Waals surface area contributed by atoms with Gasteiger partial charge in [-0.25, -0.2) is 0 Å². The fourth-order valence-corrected chi connectivity index (χ4v) is 2.44. The van der Waals surface area contributed by atoms with E-state index >= 15 is 0 Å². The number of aliphatic hydroxyl groups excluding tert-OH is 1. The van der Waals surface area contributed by atoms with Crippen molar-refractivity contribution in [2.24, 2.45) is 0 Å². The third-order valence-corrected chi connectivity index (χ3v) is 3.90. The van der Waals surface area contributed by atoms with Gasteiger partial charge in [-0.05, 0) is 31.2 Å². The Morgan fingerprint density at radius 1 is 1.30 bits per heavy atom. The van der Waals surface area contributed by atoms with E-state index in [0.29, 0.717) is 19.4 Å². The lowest BCUT2D eigenvalue weighted by Gasteiger charge is -2.38. The predicted octanol–water partition coefficient (Wildman–Crippen LogP) is 0.460. The van der Waals surface area contributed by atoms with E-state index < -0.39 is 0 Å². The average Bonchev–Trinajstić information content (AvgIpc) is 2.47. The Morgan fingerprint density at radius 2 is 2.00 bits per heavy atom. The van der Waals surface area contributed by atoms with E-state index in [-0.39, 0.29) is 24.3 Å². The predicted molar refractivity (Wildman–Crippen MR) is 76.5 cm³/mol. The molecule has 0 bridgehead atoms. The van der Waals surface area contributed by atoms with Crippen molar-refractivity contribution in [1.29, 1.82) is 0 Å². The molecule has 2 rings (SSSR count). The number of piperazine rings is 1. The molecular weight excluding hydrogens is 256 g/mol. The number of phenolic OH excluding ortho intramolecular Hbond substituents is 1. The molecule has 1 amide bonds. The maximum Gasteiger partial charge on any atom is 0.223 e. The van der Waals surface area contributed by atoms with E-state index in [9.17, 15) is 15.0 Å². The minimum atomic E-state index is 0.0429. The highest BCUT2D eigenvalue weighted by molar-refractivity contribution is 5.76. The number of benzene rings is 1. The van der Waals surface area contributed by atoms with Gasteiger partial charge < -0.3 is 15.1 Å². The van der Waals surface area contributed by atoms with Gasteiger partial charge in [0.25, 0.3) is 0 Å². The van der Waals surface area contributed by atoms with Crippen molar-refractivity contribution in [1.82, 2.24) is 9.80 Å². The number of likely N-dealkylation sites (N-methyl/N-ethyl adjacent to an activating group) is 1. The summed E-state index contributed by atoms with van der Waals surface area (Å²) in [7, 11) is 1.97. The zero-order valence-electron chi connectivity index (χ0n) is 11.8. The summed E-state index contributed by atoms with van der Waals surface area (Å²) in [5, 5.41) is 18.5. The Hall–Kier alpha value is -1.59. The van der Waals surface area contributed by atoms with Gasteiger partial charge >= 0.3 is 0 Å². The monoisotopic (exact) mass is 278 g/mol. The lowest BCUT2D eigenvalue weighted by molar-refractivity contribution is -0.134. The standard InChI is InChI=1S/C15H22N2O3/c1-16-8-9-17(10-13(16)11-18)15(20)7-4-12-2-5-14(19)6-3-12/h2-3,5-6,13,18-19H,4,7-11H2,1H3/t13-/m0/s1. The molecule has 110 valence electrons. The van der Waals surface area contributed by atoms with Crippen LogP contribution in [0.1, 0.15) is 12.0 Å². The van der Waals surface area contributed by atoms with Gasteiger partial charge in [0.15, 0.2) is 0 Å². The molecule has 1 saturated heterocycles. The average molecular weight is 278 g/mol. The number of hydrogen-bond donors (Lipinski definition) is 2. The number of phenols is 1. The van der Waals surface area contributed by atoms with E-state index in [1.165, 1.54) is 0 Å². The molecule has 20 heavy (non-hydrogen) atoms. The fraction of sp³-hybridized carbons (Fsp3) is 0.533. The Morgan fingerprint density at radius 3 is 2.65 bits per heavy atom. The molecule has 0 aromatic heterocycles. The molecule has 0 aliphatic carbocycles. The van der Waals surface area contributed by atoms with Crippen LogP contribution < -0.4 is 0 Å². The summed E-state index contributed by atoms with van der Waals surface area (Å²) in [6, 6.07) is 6.99. The maximum absolute atomic E-state index is 12.2. The summed E-state index contributed by atoms with van der Waals surface area (Å²) in [6.45, 7) is 2.21. The smallest absolute Gasteiger partial charge is 0.223 e. The van der Waals surface area contributed by atoms with E-state index in [2.05, 4.69) is 4.90 Å². The fourth-order valence-electron chi connectivity index (χ4n) is 2.44. The van der Waals surface area contributed by atoms with E-state index in [1.807, 2.05) is 24.1 Å². The van der Waals surface area contributed by atoms with Crippen LogP contribution in [0.5, 0.6) is 5.75 Å². The van der Waals surface area contributed by atoms with Gasteiger partial charge in [-0.1, -0.05) is 12.1 Å². The quantitative estimate of drug-likeness (QED) is 0.840. The molecule has 1 atom stereocenters. The third kappa shape index (κ3) is 3.71.